The van der Waals surface area contributed by atoms with Crippen LogP contribution in [-0.4, -0.2) is 65.9 Å². The molecule has 1 aromatic heterocycles. The zero-order chi connectivity index (χ0) is 32.9. The minimum absolute atomic E-state index is 0.109. The molecule has 0 radical (unpaired) electrons. The molecule has 3 amide bonds. The summed E-state index contributed by atoms with van der Waals surface area (Å²) in [6.07, 6.45) is 4.94. The van der Waals surface area contributed by atoms with E-state index in [1.54, 1.807) is 31.5 Å². The van der Waals surface area contributed by atoms with E-state index >= 15 is 4.39 Å². The Kier molecular flexibility index (Phi) is 9.87. The van der Waals surface area contributed by atoms with Gasteiger partial charge in [0.2, 0.25) is 0 Å². The average Bonchev–Trinajstić information content (AvgIpc) is 3.70. The molecule has 2 aliphatic heterocycles. The van der Waals surface area contributed by atoms with Crippen molar-refractivity contribution in [3.05, 3.63) is 83.8 Å². The number of likely N-dealkylation sites (tertiary alicyclic amines) is 1. The number of nitrogens with zero attached hydrogens (tertiary/aromatic N) is 3. The van der Waals surface area contributed by atoms with E-state index in [0.29, 0.717) is 34.8 Å². The molecule has 14 heteroatoms. The van der Waals surface area contributed by atoms with Gasteiger partial charge in [0.15, 0.2) is 11.5 Å². The number of amides is 3. The number of urea groups is 1. The molecule has 2 N–H and O–H groups in total. The van der Waals surface area contributed by atoms with Gasteiger partial charge in [0.05, 0.1) is 36.2 Å². The maximum Gasteiger partial charge on any atom is 0.338 e. The Morgan fingerprint density at radius 3 is 2.53 bits per heavy atom. The second-order valence-corrected chi connectivity index (χ2v) is 12.0. The van der Waals surface area contributed by atoms with E-state index in [-0.39, 0.29) is 22.8 Å². The zero-order valence-corrected chi connectivity index (χ0v) is 26.2. The molecule has 2 saturated heterocycles. The predicted octanol–water partition coefficient (Wildman–Crippen LogP) is 6.63. The number of aromatic nitrogens is 1. The number of ether oxygens (including phenoxy) is 3. The first-order valence-corrected chi connectivity index (χ1v) is 16.1. The van der Waals surface area contributed by atoms with Crippen molar-refractivity contribution in [2.24, 2.45) is 0 Å². The van der Waals surface area contributed by atoms with Gasteiger partial charge >= 0.3 is 6.03 Å². The van der Waals surface area contributed by atoms with Gasteiger partial charge in [-0.05, 0) is 68.8 Å². The number of carbonyl (C=O) groups excluding carboxylic acids is 2. The summed E-state index contributed by atoms with van der Waals surface area (Å²) in [5.41, 5.74) is 2.29. The Hall–Kier alpha value is -4.69. The van der Waals surface area contributed by atoms with Crippen LogP contribution in [0.15, 0.2) is 60.8 Å². The van der Waals surface area contributed by atoms with Gasteiger partial charge in [0.1, 0.15) is 34.3 Å². The third-order valence-electron chi connectivity index (χ3n) is 7.81. The lowest BCUT2D eigenvalue weighted by Gasteiger charge is -2.25. The van der Waals surface area contributed by atoms with E-state index in [1.165, 1.54) is 31.0 Å². The van der Waals surface area contributed by atoms with E-state index < -0.39 is 34.8 Å². The van der Waals surface area contributed by atoms with Crippen molar-refractivity contribution in [3.8, 4) is 23.0 Å². The molecule has 6 rings (SSSR count). The zero-order valence-electron chi connectivity index (χ0n) is 25.4. The first-order chi connectivity index (χ1) is 22.8. The summed E-state index contributed by atoms with van der Waals surface area (Å²) in [4.78, 5) is 32.0. The fraction of sp³-hybridized carbons (Fsp3) is 0.303. The molecule has 2 aliphatic rings. The number of hydrazine groups is 1. The highest BCUT2D eigenvalue weighted by Gasteiger charge is 2.37. The highest BCUT2D eigenvalue weighted by molar-refractivity contribution is 8.00. The van der Waals surface area contributed by atoms with Crippen LogP contribution in [0.5, 0.6) is 23.0 Å². The average molecular weight is 668 g/mol. The van der Waals surface area contributed by atoms with E-state index in [0.717, 1.165) is 61.0 Å². The molecule has 4 aromatic rings. The Morgan fingerprint density at radius 2 is 1.79 bits per heavy atom. The van der Waals surface area contributed by atoms with E-state index in [1.807, 2.05) is 0 Å². The Morgan fingerprint density at radius 1 is 1.00 bits per heavy atom. The third kappa shape index (κ3) is 7.33. The van der Waals surface area contributed by atoms with E-state index in [9.17, 15) is 18.4 Å². The molecule has 3 aromatic carbocycles. The summed E-state index contributed by atoms with van der Waals surface area (Å²) in [5.74, 6) is -1.62. The molecular formula is C33H32F3N5O5S. The summed E-state index contributed by atoms with van der Waals surface area (Å²) in [7, 11) is 1.54. The summed E-state index contributed by atoms with van der Waals surface area (Å²) in [6, 6.07) is 11.3. The van der Waals surface area contributed by atoms with Gasteiger partial charge in [0.25, 0.3) is 5.91 Å². The Bertz CT molecular complexity index is 1770. The quantitative estimate of drug-likeness (QED) is 0.172. The maximum atomic E-state index is 15.1. The van der Waals surface area contributed by atoms with Gasteiger partial charge in [-0.25, -0.2) is 28.4 Å². The number of pyridine rings is 1. The lowest BCUT2D eigenvalue weighted by Crippen LogP contribution is -2.46. The second-order valence-electron chi connectivity index (χ2n) is 11.0. The molecule has 1 atom stereocenters. The minimum atomic E-state index is -1.13. The molecule has 1 unspecified atom stereocenters. The number of hydrogen-bond donors (Lipinski definition) is 2. The number of anilines is 1. The van der Waals surface area contributed by atoms with Crippen molar-refractivity contribution in [2.45, 2.75) is 24.6 Å². The number of thioether (sulfide) groups is 1. The van der Waals surface area contributed by atoms with Crippen molar-refractivity contribution in [2.75, 3.05) is 44.4 Å². The van der Waals surface area contributed by atoms with Crippen LogP contribution in [0.25, 0.3) is 10.9 Å². The number of hydrogen-bond acceptors (Lipinski definition) is 8. The molecule has 0 saturated carbocycles. The van der Waals surface area contributed by atoms with Gasteiger partial charge in [-0.15, -0.1) is 11.8 Å². The van der Waals surface area contributed by atoms with Gasteiger partial charge in [-0.3, -0.25) is 9.78 Å². The highest BCUT2D eigenvalue weighted by atomic mass is 32.2. The number of carbonyl (C=O) groups is 2. The molecule has 47 heavy (non-hydrogen) atoms. The third-order valence-corrected chi connectivity index (χ3v) is 8.99. The van der Waals surface area contributed by atoms with Crippen molar-refractivity contribution in [1.29, 1.82) is 0 Å². The molecule has 246 valence electrons. The molecule has 10 nitrogen and oxygen atoms in total. The summed E-state index contributed by atoms with van der Waals surface area (Å²) in [5, 5.41) is 2.63. The first kappa shape index (κ1) is 32.3. The van der Waals surface area contributed by atoms with Gasteiger partial charge in [0, 0.05) is 30.3 Å². The van der Waals surface area contributed by atoms with Crippen LogP contribution in [0.1, 0.15) is 30.2 Å². The van der Waals surface area contributed by atoms with Crippen molar-refractivity contribution in [3.63, 3.8) is 0 Å². The topological polar surface area (TPSA) is 105 Å². The van der Waals surface area contributed by atoms with Crippen molar-refractivity contribution >= 4 is 40.3 Å². The van der Waals surface area contributed by atoms with Gasteiger partial charge < -0.3 is 24.4 Å². The predicted molar refractivity (Wildman–Crippen MR) is 171 cm³/mol. The van der Waals surface area contributed by atoms with E-state index in [4.69, 9.17) is 14.2 Å². The maximum absolute atomic E-state index is 15.1. The fourth-order valence-corrected chi connectivity index (χ4v) is 6.67. The van der Waals surface area contributed by atoms with E-state index in [2.05, 4.69) is 20.6 Å². The number of halogens is 3. The number of nitrogens with one attached hydrogen (secondary N) is 2. The molecule has 3 heterocycles. The minimum Gasteiger partial charge on any atom is -0.493 e. The Balaban J connectivity index is 1.11. The number of rotatable bonds is 11. The number of benzene rings is 3. The van der Waals surface area contributed by atoms with Crippen molar-refractivity contribution < 1.29 is 37.0 Å². The van der Waals surface area contributed by atoms with Crippen molar-refractivity contribution in [1.82, 2.24) is 20.3 Å². The van der Waals surface area contributed by atoms with Crippen LogP contribution in [0, 0.1) is 17.5 Å². The van der Waals surface area contributed by atoms with Crippen LogP contribution < -0.4 is 25.0 Å². The van der Waals surface area contributed by atoms with Crippen LogP contribution in [0.2, 0.25) is 0 Å². The number of fused-ring (bicyclic) bond motifs is 1. The molecular weight excluding hydrogens is 635 g/mol. The van der Waals surface area contributed by atoms with Crippen LogP contribution >= 0.6 is 11.8 Å². The summed E-state index contributed by atoms with van der Waals surface area (Å²) in [6.45, 7) is 3.78. The SMILES string of the molecule is COc1cc2c(Oc3ccc(NC(=O)NN4C(=O)CSC4c4c(F)cccc4F)c(F)c3)ccnc2cc1OCCCN1CCCC1. The lowest BCUT2D eigenvalue weighted by molar-refractivity contribution is -0.130. The van der Waals surface area contributed by atoms with Crippen LogP contribution in [-0.2, 0) is 4.79 Å². The summed E-state index contributed by atoms with van der Waals surface area (Å²) >= 11 is 0.949. The normalized spacial score (nSPS) is 16.5. The first-order valence-electron chi connectivity index (χ1n) is 15.0. The fourth-order valence-electron chi connectivity index (χ4n) is 5.52. The largest absolute Gasteiger partial charge is 0.493 e. The molecule has 0 aliphatic carbocycles. The molecule has 0 spiro atoms. The highest BCUT2D eigenvalue weighted by Crippen LogP contribution is 2.40. The second kappa shape index (κ2) is 14.4. The monoisotopic (exact) mass is 667 g/mol. The van der Waals surface area contributed by atoms with Crippen LogP contribution in [0.4, 0.5) is 23.7 Å². The Labute approximate surface area is 273 Å². The smallest absolute Gasteiger partial charge is 0.338 e. The number of methoxy groups -OCH3 is 1. The van der Waals surface area contributed by atoms with Gasteiger partial charge in [-0.1, -0.05) is 6.07 Å². The summed E-state index contributed by atoms with van der Waals surface area (Å²) < 4.78 is 61.5. The standard InChI is InChI=1S/C33H32F3N5O5S/c1-44-28-17-21-26(18-29(28)45-15-5-14-40-12-2-3-13-40)37-11-10-27(21)46-20-8-9-25(24(36)16-20)38-33(43)39-41-30(42)19-47-32(41)31-22(34)6-4-7-23(31)35/h4,6-11,16-18,32H,2-3,5,12-15,19H2,1H3,(H2,38,39,43). The van der Waals surface area contributed by atoms with Gasteiger partial charge in [-0.2, -0.15) is 0 Å². The molecule has 2 fully saturated rings. The molecule has 0 bridgehead atoms. The van der Waals surface area contributed by atoms with Crippen LogP contribution in [0.3, 0.4) is 0 Å². The lowest BCUT2D eigenvalue weighted by atomic mass is 10.1.